The zero-order chi connectivity index (χ0) is 13.4. The van der Waals surface area contributed by atoms with Gasteiger partial charge < -0.3 is 16.4 Å². The van der Waals surface area contributed by atoms with E-state index in [1.165, 1.54) is 6.07 Å². The van der Waals surface area contributed by atoms with Gasteiger partial charge in [-0.15, -0.1) is 0 Å². The first-order valence-corrected chi connectivity index (χ1v) is 5.83. The highest BCUT2D eigenvalue weighted by atomic mass is 19.1. The Bertz CT molecular complexity index is 399. The lowest BCUT2D eigenvalue weighted by molar-refractivity contribution is 0.251. The van der Waals surface area contributed by atoms with Gasteiger partial charge in [-0.25, -0.2) is 13.6 Å². The van der Waals surface area contributed by atoms with Crippen molar-refractivity contribution in [1.82, 2.24) is 5.32 Å². The van der Waals surface area contributed by atoms with Gasteiger partial charge in [-0.1, -0.05) is 6.42 Å². The number of nitrogens with one attached hydrogen (secondary N) is 2. The zero-order valence-corrected chi connectivity index (χ0v) is 10.0. The van der Waals surface area contributed by atoms with Crippen LogP contribution in [0, 0.1) is 11.6 Å². The molecule has 0 unspecified atom stereocenters. The number of nitrogens with two attached hydrogens (primary N) is 1. The largest absolute Gasteiger partial charge is 0.338 e. The van der Waals surface area contributed by atoms with Crippen LogP contribution in [0.5, 0.6) is 0 Å². The van der Waals surface area contributed by atoms with Crippen LogP contribution in [-0.4, -0.2) is 19.1 Å². The second-order valence-corrected chi connectivity index (χ2v) is 3.85. The summed E-state index contributed by atoms with van der Waals surface area (Å²) < 4.78 is 25.8. The lowest BCUT2D eigenvalue weighted by atomic mass is 10.2. The molecule has 0 aliphatic rings. The Kier molecular flexibility index (Phi) is 6.07. The molecule has 1 aromatic rings. The molecule has 0 radical (unpaired) electrons. The summed E-state index contributed by atoms with van der Waals surface area (Å²) in [7, 11) is 0. The van der Waals surface area contributed by atoms with Crippen molar-refractivity contribution in [3.05, 3.63) is 29.8 Å². The highest BCUT2D eigenvalue weighted by molar-refractivity contribution is 5.89. The number of hydrogen-bond donors (Lipinski definition) is 3. The number of unbranched alkanes of at least 4 members (excludes halogenated alkanes) is 2. The van der Waals surface area contributed by atoms with E-state index in [0.29, 0.717) is 13.1 Å². The van der Waals surface area contributed by atoms with Crippen molar-refractivity contribution in [2.24, 2.45) is 5.73 Å². The first-order chi connectivity index (χ1) is 8.63. The maximum Gasteiger partial charge on any atom is 0.319 e. The van der Waals surface area contributed by atoms with Crippen LogP contribution in [0.15, 0.2) is 18.2 Å². The Hall–Kier alpha value is -1.69. The fraction of sp³-hybridized carbons (Fsp3) is 0.417. The van der Waals surface area contributed by atoms with Gasteiger partial charge in [0.15, 0.2) is 0 Å². The van der Waals surface area contributed by atoms with E-state index in [1.54, 1.807) is 0 Å². The third-order valence-electron chi connectivity index (χ3n) is 2.35. The summed E-state index contributed by atoms with van der Waals surface area (Å²) in [5.74, 6) is -1.48. The predicted octanol–water partition coefficient (Wildman–Crippen LogP) is 2.22. The SMILES string of the molecule is NCCCCCNC(=O)Nc1ccc(F)cc1F. The molecule has 0 aromatic heterocycles. The third-order valence-corrected chi connectivity index (χ3v) is 2.35. The van der Waals surface area contributed by atoms with Crippen molar-refractivity contribution in [3.63, 3.8) is 0 Å². The predicted molar refractivity (Wildman–Crippen MR) is 66.3 cm³/mol. The number of amides is 2. The van der Waals surface area contributed by atoms with E-state index in [-0.39, 0.29) is 5.69 Å². The fourth-order valence-electron chi connectivity index (χ4n) is 1.41. The fourth-order valence-corrected chi connectivity index (χ4v) is 1.41. The van der Waals surface area contributed by atoms with Crippen LogP contribution in [0.25, 0.3) is 0 Å². The number of rotatable bonds is 6. The molecule has 0 atom stereocenters. The van der Waals surface area contributed by atoms with Gasteiger partial charge in [0.2, 0.25) is 0 Å². The molecule has 0 aliphatic carbocycles. The molecule has 0 bridgehead atoms. The average Bonchev–Trinajstić information content (AvgIpc) is 2.32. The van der Waals surface area contributed by atoms with Crippen molar-refractivity contribution < 1.29 is 13.6 Å². The van der Waals surface area contributed by atoms with Crippen LogP contribution in [0.3, 0.4) is 0 Å². The van der Waals surface area contributed by atoms with Crippen LogP contribution in [0.2, 0.25) is 0 Å². The van der Waals surface area contributed by atoms with Gasteiger partial charge in [0.1, 0.15) is 11.6 Å². The first kappa shape index (κ1) is 14.4. The number of anilines is 1. The molecule has 0 fully saturated rings. The molecule has 0 aliphatic heterocycles. The minimum atomic E-state index is -0.798. The van der Waals surface area contributed by atoms with Gasteiger partial charge in [-0.3, -0.25) is 0 Å². The Morgan fingerprint density at radius 2 is 2.00 bits per heavy atom. The summed E-state index contributed by atoms with van der Waals surface area (Å²) in [5.41, 5.74) is 5.28. The average molecular weight is 257 g/mol. The lowest BCUT2D eigenvalue weighted by Crippen LogP contribution is -2.29. The van der Waals surface area contributed by atoms with Gasteiger partial charge in [0, 0.05) is 12.6 Å². The second-order valence-electron chi connectivity index (χ2n) is 3.85. The van der Waals surface area contributed by atoms with Gasteiger partial charge in [-0.2, -0.15) is 0 Å². The highest BCUT2D eigenvalue weighted by Gasteiger charge is 2.06. The van der Waals surface area contributed by atoms with Crippen LogP contribution in [-0.2, 0) is 0 Å². The van der Waals surface area contributed by atoms with Crippen molar-refractivity contribution in [2.75, 3.05) is 18.4 Å². The van der Waals surface area contributed by atoms with Gasteiger partial charge in [0.05, 0.1) is 5.69 Å². The first-order valence-electron chi connectivity index (χ1n) is 5.83. The summed E-state index contributed by atoms with van der Waals surface area (Å²) in [6.07, 6.45) is 2.66. The Morgan fingerprint density at radius 1 is 1.22 bits per heavy atom. The lowest BCUT2D eigenvalue weighted by Gasteiger charge is -2.08. The minimum Gasteiger partial charge on any atom is -0.338 e. The van der Waals surface area contributed by atoms with E-state index in [9.17, 15) is 13.6 Å². The maximum atomic E-state index is 13.2. The minimum absolute atomic E-state index is 0.0455. The Labute approximate surface area is 105 Å². The molecule has 1 aromatic carbocycles. The number of hydrogen-bond acceptors (Lipinski definition) is 2. The number of benzene rings is 1. The molecule has 6 heteroatoms. The highest BCUT2D eigenvalue weighted by Crippen LogP contribution is 2.14. The van der Waals surface area contributed by atoms with Crippen molar-refractivity contribution in [2.45, 2.75) is 19.3 Å². The molecular formula is C12H17F2N3O. The Morgan fingerprint density at radius 3 is 2.67 bits per heavy atom. The van der Waals surface area contributed by atoms with E-state index in [1.807, 2.05) is 0 Å². The molecule has 18 heavy (non-hydrogen) atoms. The molecule has 100 valence electrons. The number of carbonyl (C=O) groups excluding carboxylic acids is 1. The number of carbonyl (C=O) groups is 1. The summed E-state index contributed by atoms with van der Waals surface area (Å²) in [5, 5.41) is 4.89. The van der Waals surface area contributed by atoms with Crippen LogP contribution >= 0.6 is 0 Å². The second kappa shape index (κ2) is 7.60. The van der Waals surface area contributed by atoms with Gasteiger partial charge in [0.25, 0.3) is 0 Å². The maximum absolute atomic E-state index is 13.2. The topological polar surface area (TPSA) is 67.1 Å². The van der Waals surface area contributed by atoms with E-state index in [0.717, 1.165) is 31.4 Å². The smallest absolute Gasteiger partial charge is 0.319 e. The van der Waals surface area contributed by atoms with Crippen molar-refractivity contribution >= 4 is 11.7 Å². The van der Waals surface area contributed by atoms with Crippen LogP contribution < -0.4 is 16.4 Å². The van der Waals surface area contributed by atoms with Crippen LogP contribution in [0.4, 0.5) is 19.3 Å². The third kappa shape index (κ3) is 5.09. The molecule has 2 amide bonds. The molecule has 4 nitrogen and oxygen atoms in total. The summed E-state index contributed by atoms with van der Waals surface area (Å²) >= 11 is 0. The standard InChI is InChI=1S/C12H17F2N3O/c13-9-4-5-11(10(14)8-9)17-12(18)16-7-3-1-2-6-15/h4-5,8H,1-3,6-7,15H2,(H2,16,17,18). The van der Waals surface area contributed by atoms with E-state index in [2.05, 4.69) is 10.6 Å². The molecular weight excluding hydrogens is 240 g/mol. The van der Waals surface area contributed by atoms with Gasteiger partial charge >= 0.3 is 6.03 Å². The van der Waals surface area contributed by atoms with E-state index < -0.39 is 17.7 Å². The normalized spacial score (nSPS) is 10.2. The summed E-state index contributed by atoms with van der Waals surface area (Å²) in [4.78, 5) is 11.4. The summed E-state index contributed by atoms with van der Waals surface area (Å²) in [6.45, 7) is 1.13. The molecule has 1 rings (SSSR count). The molecule has 0 saturated heterocycles. The number of halogens is 2. The van der Waals surface area contributed by atoms with E-state index in [4.69, 9.17) is 5.73 Å². The van der Waals surface area contributed by atoms with Crippen molar-refractivity contribution in [1.29, 1.82) is 0 Å². The number of urea groups is 1. The summed E-state index contributed by atoms with van der Waals surface area (Å²) in [6, 6.07) is 2.48. The molecule has 0 spiro atoms. The molecule has 0 saturated carbocycles. The quantitative estimate of drug-likeness (QED) is 0.684. The molecule has 0 heterocycles. The van der Waals surface area contributed by atoms with E-state index >= 15 is 0 Å². The monoisotopic (exact) mass is 257 g/mol. The van der Waals surface area contributed by atoms with Crippen LogP contribution in [0.1, 0.15) is 19.3 Å². The Balaban J connectivity index is 2.31. The van der Waals surface area contributed by atoms with Crippen molar-refractivity contribution in [3.8, 4) is 0 Å². The zero-order valence-electron chi connectivity index (χ0n) is 10.0. The van der Waals surface area contributed by atoms with Gasteiger partial charge in [-0.05, 0) is 31.5 Å². The molecule has 4 N–H and O–H groups in total.